The van der Waals surface area contributed by atoms with Crippen LogP contribution in [0.3, 0.4) is 0 Å². The van der Waals surface area contributed by atoms with Gasteiger partial charge in [0.1, 0.15) is 5.75 Å². The highest BCUT2D eigenvalue weighted by Crippen LogP contribution is 2.25. The van der Waals surface area contributed by atoms with Gasteiger partial charge in [-0.25, -0.2) is 0 Å². The molecule has 0 amide bonds. The number of fused-ring (bicyclic) bond motifs is 1. The standard InChI is InChI=1S/C16H14F3N3O2S/c1-10-13(20-7-6-14(10)24-9-16(17,18)19)8-25(23)15-21-11-4-2-3-5-12(11)22-15/h2-7H,8-9H2,1H3,(H,21,22)/i1D3,2D,3D,4D,5D,9D2. The van der Waals surface area contributed by atoms with E-state index < -0.39 is 77.7 Å². The maximum absolute atomic E-state index is 12.9. The summed E-state index contributed by atoms with van der Waals surface area (Å²) in [6.45, 7) is -7.35. The van der Waals surface area contributed by atoms with Crippen LogP contribution in [0.25, 0.3) is 11.0 Å². The normalized spacial score (nSPS) is 19.4. The number of hydrogen-bond acceptors (Lipinski definition) is 4. The average molecular weight is 378 g/mol. The molecule has 0 saturated carbocycles. The molecule has 3 rings (SSSR count). The fraction of sp³-hybridized carbons (Fsp3) is 0.250. The Morgan fingerprint density at radius 3 is 3.00 bits per heavy atom. The number of ether oxygens (including phenoxy) is 1. The van der Waals surface area contributed by atoms with Gasteiger partial charge >= 0.3 is 11.3 Å². The molecule has 1 aromatic carbocycles. The Morgan fingerprint density at radius 1 is 1.44 bits per heavy atom. The summed E-state index contributed by atoms with van der Waals surface area (Å²) in [6.07, 6.45) is -4.61. The highest BCUT2D eigenvalue weighted by atomic mass is 32.2. The van der Waals surface area contributed by atoms with Crippen LogP contribution in [0.2, 0.25) is 0 Å². The minimum absolute atomic E-state index is 0.145. The van der Waals surface area contributed by atoms with Crippen LogP contribution in [-0.2, 0) is 16.9 Å². The van der Waals surface area contributed by atoms with Gasteiger partial charge in [-0.05, 0) is 25.0 Å². The number of aromatic amines is 1. The van der Waals surface area contributed by atoms with Crippen molar-refractivity contribution in [2.45, 2.75) is 23.9 Å². The van der Waals surface area contributed by atoms with E-state index in [0.29, 0.717) is 0 Å². The predicted molar refractivity (Wildman–Crippen MR) is 86.7 cm³/mol. The fourth-order valence-electron chi connectivity index (χ4n) is 1.81. The molecule has 3 aromatic rings. The first kappa shape index (κ1) is 9.44. The van der Waals surface area contributed by atoms with Crippen molar-refractivity contribution in [2.24, 2.45) is 0 Å². The zero-order chi connectivity index (χ0) is 25.8. The van der Waals surface area contributed by atoms with Crippen molar-refractivity contribution in [2.75, 3.05) is 6.56 Å². The van der Waals surface area contributed by atoms with Crippen molar-refractivity contribution in [3.8, 4) is 5.75 Å². The molecule has 0 aliphatic carbocycles. The zero-order valence-corrected chi connectivity index (χ0v) is 12.9. The lowest BCUT2D eigenvalue weighted by Gasteiger charge is -2.14. The first-order chi connectivity index (χ1) is 15.5. The van der Waals surface area contributed by atoms with E-state index in [0.717, 1.165) is 12.3 Å². The highest BCUT2D eigenvalue weighted by Gasteiger charge is 2.29. The molecular weight excluding hydrogens is 355 g/mol. The molecule has 0 bridgehead atoms. The Bertz CT molecular complexity index is 1210. The molecule has 1 N–H and O–H groups in total. The maximum atomic E-state index is 12.9. The van der Waals surface area contributed by atoms with E-state index in [9.17, 15) is 17.7 Å². The third-order valence-electron chi connectivity index (χ3n) is 2.86. The van der Waals surface area contributed by atoms with Gasteiger partial charge in [0, 0.05) is 27.0 Å². The molecule has 0 aliphatic rings. The topological polar surface area (TPSA) is 73.9 Å². The van der Waals surface area contributed by atoms with Crippen molar-refractivity contribution >= 4 is 22.2 Å². The molecule has 1 atom stereocenters. The lowest BCUT2D eigenvalue weighted by molar-refractivity contribution is -0.153. The molecule has 0 radical (unpaired) electrons. The van der Waals surface area contributed by atoms with Crippen LogP contribution in [0, 0.1) is 6.85 Å². The monoisotopic (exact) mass is 378 g/mol. The molecule has 0 spiro atoms. The number of H-pyrrole nitrogens is 1. The fourth-order valence-corrected chi connectivity index (χ4v) is 2.82. The summed E-state index contributed by atoms with van der Waals surface area (Å²) in [5.41, 5.74) is -1.71. The molecular formula is C16H14F3N3O2S. The number of pyridine rings is 1. The number of aromatic nitrogens is 3. The predicted octanol–water partition coefficient (Wildman–Crippen LogP) is 3.52. The number of halogens is 3. The largest absolute Gasteiger partial charge is 0.609 e. The van der Waals surface area contributed by atoms with Crippen molar-refractivity contribution < 1.29 is 34.8 Å². The Balaban J connectivity index is 2.04. The number of benzene rings is 1. The molecule has 9 heteroatoms. The second-order valence-corrected chi connectivity index (χ2v) is 5.95. The van der Waals surface area contributed by atoms with Crippen molar-refractivity contribution in [3.05, 3.63) is 47.7 Å². The van der Waals surface area contributed by atoms with Gasteiger partial charge < -0.3 is 9.29 Å². The number of nitrogens with one attached hydrogen (secondary N) is 1. The minimum atomic E-state index is -5.48. The van der Waals surface area contributed by atoms with Crippen LogP contribution in [0.5, 0.6) is 5.75 Å². The van der Waals surface area contributed by atoms with Gasteiger partial charge in [-0.2, -0.15) is 18.2 Å². The number of nitrogens with zero attached hydrogens (tertiary/aromatic N) is 2. The van der Waals surface area contributed by atoms with E-state index in [1.807, 2.05) is 0 Å². The van der Waals surface area contributed by atoms with Crippen LogP contribution in [0.1, 0.15) is 23.6 Å². The lowest BCUT2D eigenvalue weighted by atomic mass is 10.2. The molecule has 1 unspecified atom stereocenters. The molecule has 0 fully saturated rings. The SMILES string of the molecule is [2H]c1c([2H])c([2H])c2[nH]c([S+]([O-])Cc3nccc(OC([2H])([2H])C(F)(F)F)c3C([2H])([2H])[2H])nc2c1[2H]. The number of alkyl halides is 3. The first-order valence-corrected chi connectivity index (χ1v) is 7.86. The third-order valence-corrected chi connectivity index (χ3v) is 4.02. The number of hydrogen-bond donors (Lipinski definition) is 1. The number of rotatable bonds is 5. The molecule has 132 valence electrons. The lowest BCUT2D eigenvalue weighted by Crippen LogP contribution is -2.20. The second kappa shape index (κ2) is 6.93. The third kappa shape index (κ3) is 4.23. The van der Waals surface area contributed by atoms with E-state index in [1.54, 1.807) is 0 Å². The summed E-state index contributed by atoms with van der Waals surface area (Å²) in [7, 11) is 0. The Kier molecular flexibility index (Phi) is 2.62. The quantitative estimate of drug-likeness (QED) is 0.690. The van der Waals surface area contributed by atoms with E-state index in [-0.39, 0.29) is 16.2 Å². The number of para-hydroxylation sites is 2. The Hall–Kier alpha value is -2.26. The van der Waals surface area contributed by atoms with Crippen LogP contribution in [0.4, 0.5) is 13.2 Å². The Labute approximate surface area is 157 Å². The molecule has 25 heavy (non-hydrogen) atoms. The molecule has 5 nitrogen and oxygen atoms in total. The van der Waals surface area contributed by atoms with Gasteiger partial charge in [-0.3, -0.25) is 9.97 Å². The second-order valence-electron chi connectivity index (χ2n) is 4.59. The summed E-state index contributed by atoms with van der Waals surface area (Å²) in [4.78, 5) is 10.2. The van der Waals surface area contributed by atoms with Crippen LogP contribution >= 0.6 is 0 Å². The molecule has 0 aliphatic heterocycles. The summed E-state index contributed by atoms with van der Waals surface area (Å²) < 4.78 is 124. The summed E-state index contributed by atoms with van der Waals surface area (Å²) in [5, 5.41) is -0.350. The van der Waals surface area contributed by atoms with Gasteiger partial charge in [0.05, 0.1) is 25.0 Å². The maximum Gasteiger partial charge on any atom is 0.422 e. The van der Waals surface area contributed by atoms with E-state index >= 15 is 0 Å². The van der Waals surface area contributed by atoms with Crippen LogP contribution in [-0.4, -0.2) is 32.2 Å². The first-order valence-electron chi connectivity index (χ1n) is 11.0. The molecule has 2 aromatic heterocycles. The van der Waals surface area contributed by atoms with Crippen LogP contribution in [0.15, 0.2) is 41.6 Å². The Morgan fingerprint density at radius 2 is 2.24 bits per heavy atom. The van der Waals surface area contributed by atoms with Gasteiger partial charge in [0.25, 0.3) is 0 Å². The van der Waals surface area contributed by atoms with E-state index in [2.05, 4.69) is 19.7 Å². The van der Waals surface area contributed by atoms with Gasteiger partial charge in [0.2, 0.25) is 0 Å². The van der Waals surface area contributed by atoms with Crippen molar-refractivity contribution in [3.63, 3.8) is 0 Å². The smallest absolute Gasteiger partial charge is 0.422 e. The zero-order valence-electron chi connectivity index (χ0n) is 21.1. The van der Waals surface area contributed by atoms with E-state index in [1.165, 1.54) is 0 Å². The summed E-state index contributed by atoms with van der Waals surface area (Å²) in [6, 6.07) is -1.37. The molecule has 2 heterocycles. The molecule has 0 saturated heterocycles. The van der Waals surface area contributed by atoms with Crippen LogP contribution < -0.4 is 4.74 Å². The van der Waals surface area contributed by atoms with Gasteiger partial charge in [-0.1, -0.05) is 12.1 Å². The summed E-state index contributed by atoms with van der Waals surface area (Å²) in [5.74, 6) is -1.67. The number of imidazole rings is 1. The van der Waals surface area contributed by atoms with Gasteiger partial charge in [0.15, 0.2) is 12.3 Å². The van der Waals surface area contributed by atoms with Gasteiger partial charge in [-0.15, -0.1) is 0 Å². The van der Waals surface area contributed by atoms with E-state index in [4.69, 9.17) is 12.3 Å². The summed E-state index contributed by atoms with van der Waals surface area (Å²) >= 11 is -2.23. The highest BCUT2D eigenvalue weighted by molar-refractivity contribution is 7.90. The average Bonchev–Trinajstić information content (AvgIpc) is 3.14. The van der Waals surface area contributed by atoms with Crippen molar-refractivity contribution in [1.82, 2.24) is 15.0 Å². The minimum Gasteiger partial charge on any atom is -0.609 e. The van der Waals surface area contributed by atoms with Crippen molar-refractivity contribution in [1.29, 1.82) is 0 Å².